The van der Waals surface area contributed by atoms with Crippen LogP contribution in [0.4, 0.5) is 0 Å². The minimum atomic E-state index is -0.243. The van der Waals surface area contributed by atoms with Gasteiger partial charge in [0.2, 0.25) is 0 Å². The Morgan fingerprint density at radius 2 is 2.00 bits per heavy atom. The maximum atomic E-state index is 10.7. The number of benzene rings is 1. The van der Waals surface area contributed by atoms with E-state index in [2.05, 4.69) is 0 Å². The first-order valence-electron chi connectivity index (χ1n) is 4.26. The van der Waals surface area contributed by atoms with Crippen LogP contribution in [-0.4, -0.2) is 12.6 Å². The second-order valence-electron chi connectivity index (χ2n) is 3.01. The Labute approximate surface area is 76.8 Å². The lowest BCUT2D eigenvalue weighted by molar-refractivity contribution is -0.138. The molecule has 1 aliphatic rings. The van der Waals surface area contributed by atoms with Crippen molar-refractivity contribution in [2.45, 2.75) is 5.92 Å². The first-order chi connectivity index (χ1) is 6.36. The molecule has 0 saturated carbocycles. The van der Waals surface area contributed by atoms with Gasteiger partial charge in [-0.2, -0.15) is 0 Å². The second kappa shape index (κ2) is 3.44. The highest BCUT2D eigenvalue weighted by Crippen LogP contribution is 2.20. The van der Waals surface area contributed by atoms with Gasteiger partial charge >= 0.3 is 5.97 Å². The molecule has 1 aromatic rings. The molecule has 1 aromatic carbocycles. The molecule has 1 unspecified atom stereocenters. The molecule has 66 valence electrons. The standard InChI is InChI=1S/C11H10O2/c12-11-7-6-10(8-13-11)9-4-2-1-3-5-9/h1-7,10H,8H2. The molecule has 1 aliphatic heterocycles. The molecule has 0 spiro atoms. The Balaban J connectivity index is 2.20. The lowest BCUT2D eigenvalue weighted by Crippen LogP contribution is -2.14. The molecule has 0 N–H and O–H groups in total. The number of hydrogen-bond acceptors (Lipinski definition) is 2. The third-order valence-electron chi connectivity index (χ3n) is 2.10. The number of esters is 1. The van der Waals surface area contributed by atoms with E-state index in [4.69, 9.17) is 4.74 Å². The normalized spacial score (nSPS) is 21.2. The molecule has 2 nitrogen and oxygen atoms in total. The zero-order chi connectivity index (χ0) is 9.10. The Morgan fingerprint density at radius 1 is 1.23 bits per heavy atom. The highest BCUT2D eigenvalue weighted by molar-refractivity contribution is 5.83. The van der Waals surface area contributed by atoms with Gasteiger partial charge in [0.05, 0.1) is 0 Å². The lowest BCUT2D eigenvalue weighted by atomic mass is 9.98. The minimum Gasteiger partial charge on any atom is -0.462 e. The molecule has 0 aromatic heterocycles. The van der Waals surface area contributed by atoms with E-state index in [9.17, 15) is 4.79 Å². The fourth-order valence-corrected chi connectivity index (χ4v) is 1.38. The van der Waals surface area contributed by atoms with Gasteiger partial charge in [0.25, 0.3) is 0 Å². The highest BCUT2D eigenvalue weighted by atomic mass is 16.5. The van der Waals surface area contributed by atoms with Crippen LogP contribution in [0.2, 0.25) is 0 Å². The zero-order valence-corrected chi connectivity index (χ0v) is 7.14. The Hall–Kier alpha value is -1.57. The van der Waals surface area contributed by atoms with E-state index in [1.807, 2.05) is 36.4 Å². The number of ether oxygens (including phenoxy) is 1. The predicted molar refractivity (Wildman–Crippen MR) is 49.3 cm³/mol. The molecule has 1 heterocycles. The number of hydrogen-bond donors (Lipinski definition) is 0. The van der Waals surface area contributed by atoms with Crippen LogP contribution < -0.4 is 0 Å². The molecular weight excluding hydrogens is 164 g/mol. The largest absolute Gasteiger partial charge is 0.462 e. The van der Waals surface area contributed by atoms with E-state index >= 15 is 0 Å². The Kier molecular flexibility index (Phi) is 2.13. The molecular formula is C11H10O2. The average Bonchev–Trinajstić information content (AvgIpc) is 2.20. The number of rotatable bonds is 1. The van der Waals surface area contributed by atoms with Gasteiger partial charge in [-0.25, -0.2) is 4.79 Å². The lowest BCUT2D eigenvalue weighted by Gasteiger charge is -2.16. The van der Waals surface area contributed by atoms with Crippen molar-refractivity contribution >= 4 is 5.97 Å². The summed E-state index contributed by atoms with van der Waals surface area (Å²) in [5, 5.41) is 0. The van der Waals surface area contributed by atoms with E-state index in [-0.39, 0.29) is 11.9 Å². The van der Waals surface area contributed by atoms with Crippen molar-refractivity contribution in [2.75, 3.05) is 6.61 Å². The van der Waals surface area contributed by atoms with Gasteiger partial charge < -0.3 is 4.74 Å². The zero-order valence-electron chi connectivity index (χ0n) is 7.14. The van der Waals surface area contributed by atoms with Crippen molar-refractivity contribution in [2.24, 2.45) is 0 Å². The fourth-order valence-electron chi connectivity index (χ4n) is 1.38. The first-order valence-corrected chi connectivity index (χ1v) is 4.26. The summed E-state index contributed by atoms with van der Waals surface area (Å²) in [5.74, 6) is -0.0221. The molecule has 0 bridgehead atoms. The monoisotopic (exact) mass is 174 g/mol. The summed E-state index contributed by atoms with van der Waals surface area (Å²) in [5.41, 5.74) is 1.19. The molecule has 0 fully saturated rings. The van der Waals surface area contributed by atoms with Crippen LogP contribution in [0, 0.1) is 0 Å². The number of carbonyl (C=O) groups excluding carboxylic acids is 1. The molecule has 0 radical (unpaired) electrons. The fraction of sp³-hybridized carbons (Fsp3) is 0.182. The second-order valence-corrected chi connectivity index (χ2v) is 3.01. The van der Waals surface area contributed by atoms with Gasteiger partial charge in [0, 0.05) is 12.0 Å². The third kappa shape index (κ3) is 1.78. The summed E-state index contributed by atoms with van der Waals surface area (Å²) in [6.45, 7) is 0.458. The van der Waals surface area contributed by atoms with E-state index < -0.39 is 0 Å². The predicted octanol–water partition coefficient (Wildman–Crippen LogP) is 1.88. The molecule has 13 heavy (non-hydrogen) atoms. The van der Waals surface area contributed by atoms with Crippen LogP contribution in [0.1, 0.15) is 11.5 Å². The first kappa shape index (κ1) is 8.05. The molecule has 0 amide bonds. The maximum absolute atomic E-state index is 10.7. The van der Waals surface area contributed by atoms with Gasteiger partial charge in [-0.05, 0) is 5.56 Å². The van der Waals surface area contributed by atoms with Gasteiger partial charge in [-0.15, -0.1) is 0 Å². The molecule has 1 atom stereocenters. The van der Waals surface area contributed by atoms with Gasteiger partial charge in [0.1, 0.15) is 6.61 Å². The van der Waals surface area contributed by atoms with Crippen LogP contribution in [0.3, 0.4) is 0 Å². The summed E-state index contributed by atoms with van der Waals surface area (Å²) in [7, 11) is 0. The number of cyclic esters (lactones) is 1. The van der Waals surface area contributed by atoms with Crippen molar-refractivity contribution < 1.29 is 9.53 Å². The summed E-state index contributed by atoms with van der Waals surface area (Å²) < 4.78 is 4.92. The molecule has 2 heteroatoms. The minimum absolute atomic E-state index is 0.221. The Bertz CT molecular complexity index is 327. The van der Waals surface area contributed by atoms with Crippen LogP contribution >= 0.6 is 0 Å². The molecule has 0 saturated heterocycles. The van der Waals surface area contributed by atoms with Crippen molar-refractivity contribution in [1.29, 1.82) is 0 Å². The summed E-state index contributed by atoms with van der Waals surface area (Å²) in [6.07, 6.45) is 3.38. The summed E-state index contributed by atoms with van der Waals surface area (Å²) in [4.78, 5) is 10.7. The molecule has 2 rings (SSSR count). The quantitative estimate of drug-likeness (QED) is 0.607. The number of carbonyl (C=O) groups is 1. The van der Waals surface area contributed by atoms with Crippen molar-refractivity contribution in [3.63, 3.8) is 0 Å². The summed E-state index contributed by atoms with van der Waals surface area (Å²) >= 11 is 0. The van der Waals surface area contributed by atoms with E-state index in [0.717, 1.165) is 0 Å². The third-order valence-corrected chi connectivity index (χ3v) is 2.10. The SMILES string of the molecule is O=C1C=CC(c2ccccc2)CO1. The maximum Gasteiger partial charge on any atom is 0.330 e. The highest BCUT2D eigenvalue weighted by Gasteiger charge is 2.14. The summed E-state index contributed by atoms with van der Waals surface area (Å²) in [6, 6.07) is 10.0. The van der Waals surface area contributed by atoms with E-state index in [0.29, 0.717) is 6.61 Å². The van der Waals surface area contributed by atoms with Crippen molar-refractivity contribution in [1.82, 2.24) is 0 Å². The Morgan fingerprint density at radius 3 is 2.62 bits per heavy atom. The van der Waals surface area contributed by atoms with Crippen LogP contribution in [0.25, 0.3) is 0 Å². The van der Waals surface area contributed by atoms with Crippen LogP contribution in [-0.2, 0) is 9.53 Å². The van der Waals surface area contributed by atoms with Gasteiger partial charge in [0.15, 0.2) is 0 Å². The van der Waals surface area contributed by atoms with Crippen LogP contribution in [0.15, 0.2) is 42.5 Å². The van der Waals surface area contributed by atoms with Crippen molar-refractivity contribution in [3.8, 4) is 0 Å². The van der Waals surface area contributed by atoms with E-state index in [1.165, 1.54) is 11.6 Å². The smallest absolute Gasteiger partial charge is 0.330 e. The average molecular weight is 174 g/mol. The topological polar surface area (TPSA) is 26.3 Å². The van der Waals surface area contributed by atoms with Gasteiger partial charge in [-0.1, -0.05) is 36.4 Å². The van der Waals surface area contributed by atoms with Crippen LogP contribution in [0.5, 0.6) is 0 Å². The molecule has 0 aliphatic carbocycles. The van der Waals surface area contributed by atoms with Crippen molar-refractivity contribution in [3.05, 3.63) is 48.0 Å². The van der Waals surface area contributed by atoms with Gasteiger partial charge in [-0.3, -0.25) is 0 Å². The van der Waals surface area contributed by atoms with E-state index in [1.54, 1.807) is 0 Å².